The molecule has 2 rings (SSSR count). The highest BCUT2D eigenvalue weighted by atomic mass is 16.5. The summed E-state index contributed by atoms with van der Waals surface area (Å²) in [7, 11) is 0. The molecule has 3 amide bonds. The fraction of sp³-hybridized carbons (Fsp3) is 0.524. The molecule has 1 unspecified atom stereocenters. The first-order valence-electron chi connectivity index (χ1n) is 10.2. The SMILES string of the molecule is CCCOC(=O)CC1C(=O)NCCN1CC(=O)Nc1ccc(NC(=O)C(C)C)cc1. The summed E-state index contributed by atoms with van der Waals surface area (Å²) in [5, 5.41) is 8.28. The van der Waals surface area contributed by atoms with Crippen LogP contribution in [0, 0.1) is 5.92 Å². The monoisotopic (exact) mass is 418 g/mol. The molecule has 9 nitrogen and oxygen atoms in total. The largest absolute Gasteiger partial charge is 0.466 e. The molecule has 1 atom stereocenters. The van der Waals surface area contributed by atoms with Crippen molar-refractivity contribution in [3.8, 4) is 0 Å². The highest BCUT2D eigenvalue weighted by Gasteiger charge is 2.33. The molecule has 30 heavy (non-hydrogen) atoms. The van der Waals surface area contributed by atoms with Gasteiger partial charge in [0, 0.05) is 30.4 Å². The summed E-state index contributed by atoms with van der Waals surface area (Å²) in [5.41, 5.74) is 1.22. The predicted molar refractivity (Wildman–Crippen MR) is 113 cm³/mol. The summed E-state index contributed by atoms with van der Waals surface area (Å²) in [5.74, 6) is -1.25. The molecule has 0 aromatic heterocycles. The Labute approximate surface area is 176 Å². The van der Waals surface area contributed by atoms with Gasteiger partial charge in [-0.2, -0.15) is 0 Å². The summed E-state index contributed by atoms with van der Waals surface area (Å²) in [6, 6.07) is 6.06. The van der Waals surface area contributed by atoms with E-state index in [2.05, 4.69) is 16.0 Å². The van der Waals surface area contributed by atoms with Gasteiger partial charge in [-0.15, -0.1) is 0 Å². The molecule has 3 N–H and O–H groups in total. The van der Waals surface area contributed by atoms with Crippen LogP contribution in [-0.4, -0.2) is 60.9 Å². The zero-order valence-corrected chi connectivity index (χ0v) is 17.7. The number of carbonyl (C=O) groups excluding carboxylic acids is 4. The Morgan fingerprint density at radius 2 is 1.80 bits per heavy atom. The standard InChI is InChI=1S/C21H30N4O5/c1-4-11-30-19(27)12-17-21(29)22-9-10-25(17)13-18(26)23-15-5-7-16(8-6-15)24-20(28)14(2)3/h5-8,14,17H,4,9-13H2,1-3H3,(H,22,29)(H,23,26)(H,24,28). The first-order chi connectivity index (χ1) is 14.3. The van der Waals surface area contributed by atoms with Crippen LogP contribution in [0.25, 0.3) is 0 Å². The van der Waals surface area contributed by atoms with Gasteiger partial charge in [0.1, 0.15) is 6.04 Å². The molecule has 9 heteroatoms. The second-order valence-corrected chi connectivity index (χ2v) is 7.47. The van der Waals surface area contributed by atoms with Crippen LogP contribution in [-0.2, 0) is 23.9 Å². The molecule has 1 heterocycles. The van der Waals surface area contributed by atoms with Gasteiger partial charge >= 0.3 is 5.97 Å². The zero-order valence-electron chi connectivity index (χ0n) is 17.7. The Bertz CT molecular complexity index is 763. The minimum Gasteiger partial charge on any atom is -0.466 e. The van der Waals surface area contributed by atoms with E-state index in [1.54, 1.807) is 29.2 Å². The van der Waals surface area contributed by atoms with Gasteiger partial charge < -0.3 is 20.7 Å². The van der Waals surface area contributed by atoms with Gasteiger partial charge in [0.25, 0.3) is 0 Å². The highest BCUT2D eigenvalue weighted by molar-refractivity contribution is 5.95. The number of amides is 3. The quantitative estimate of drug-likeness (QED) is 0.522. The van der Waals surface area contributed by atoms with Crippen molar-refractivity contribution in [3.63, 3.8) is 0 Å². The molecule has 1 aromatic rings. The van der Waals surface area contributed by atoms with Crippen LogP contribution in [0.1, 0.15) is 33.6 Å². The maximum Gasteiger partial charge on any atom is 0.307 e. The van der Waals surface area contributed by atoms with Gasteiger partial charge in [-0.1, -0.05) is 20.8 Å². The van der Waals surface area contributed by atoms with Crippen LogP contribution in [0.4, 0.5) is 11.4 Å². The number of anilines is 2. The second kappa shape index (κ2) is 11.3. The smallest absolute Gasteiger partial charge is 0.307 e. The van der Waals surface area contributed by atoms with Crippen LogP contribution in [0.15, 0.2) is 24.3 Å². The van der Waals surface area contributed by atoms with Gasteiger partial charge in [0.05, 0.1) is 19.6 Å². The van der Waals surface area contributed by atoms with Crippen LogP contribution in [0.5, 0.6) is 0 Å². The summed E-state index contributed by atoms with van der Waals surface area (Å²) in [4.78, 5) is 50.0. The summed E-state index contributed by atoms with van der Waals surface area (Å²) in [6.07, 6.45) is 0.609. The van der Waals surface area contributed by atoms with Crippen molar-refractivity contribution < 1.29 is 23.9 Å². The van der Waals surface area contributed by atoms with E-state index in [0.717, 1.165) is 0 Å². The Balaban J connectivity index is 1.92. The number of hydrogen-bond acceptors (Lipinski definition) is 6. The number of benzene rings is 1. The van der Waals surface area contributed by atoms with Crippen molar-refractivity contribution >= 4 is 35.1 Å². The van der Waals surface area contributed by atoms with Crippen molar-refractivity contribution in [1.29, 1.82) is 0 Å². The number of esters is 1. The van der Waals surface area contributed by atoms with Crippen molar-refractivity contribution in [2.24, 2.45) is 5.92 Å². The first-order valence-corrected chi connectivity index (χ1v) is 10.2. The normalized spacial score (nSPS) is 16.7. The van der Waals surface area contributed by atoms with Crippen molar-refractivity contribution in [1.82, 2.24) is 10.2 Å². The van der Waals surface area contributed by atoms with Gasteiger partial charge in [0.2, 0.25) is 17.7 Å². The Kier molecular flexibility index (Phi) is 8.79. The molecular weight excluding hydrogens is 388 g/mol. The Morgan fingerprint density at radius 3 is 2.40 bits per heavy atom. The number of hydrogen-bond donors (Lipinski definition) is 3. The fourth-order valence-electron chi connectivity index (χ4n) is 2.91. The van der Waals surface area contributed by atoms with Gasteiger partial charge in [-0.05, 0) is 30.7 Å². The number of piperazine rings is 1. The van der Waals surface area contributed by atoms with E-state index < -0.39 is 12.0 Å². The molecule has 1 aromatic carbocycles. The summed E-state index contributed by atoms with van der Waals surface area (Å²) in [6.45, 7) is 6.67. The summed E-state index contributed by atoms with van der Waals surface area (Å²) >= 11 is 0. The van der Waals surface area contributed by atoms with E-state index in [1.165, 1.54) is 0 Å². The average Bonchev–Trinajstić information content (AvgIpc) is 2.70. The van der Waals surface area contributed by atoms with Crippen molar-refractivity contribution in [2.45, 2.75) is 39.7 Å². The molecule has 1 fully saturated rings. The second-order valence-electron chi connectivity index (χ2n) is 7.47. The van der Waals surface area contributed by atoms with Crippen LogP contribution >= 0.6 is 0 Å². The van der Waals surface area contributed by atoms with E-state index >= 15 is 0 Å². The molecule has 0 spiro atoms. The van der Waals surface area contributed by atoms with E-state index in [4.69, 9.17) is 4.74 Å². The molecule has 0 radical (unpaired) electrons. The lowest BCUT2D eigenvalue weighted by atomic mass is 10.1. The molecule has 0 saturated carbocycles. The predicted octanol–water partition coefficient (Wildman–Crippen LogP) is 1.36. The molecule has 1 aliphatic rings. The van der Waals surface area contributed by atoms with Crippen LogP contribution in [0.3, 0.4) is 0 Å². The third-order valence-electron chi connectivity index (χ3n) is 4.58. The maximum atomic E-state index is 12.5. The number of ether oxygens (including phenoxy) is 1. The lowest BCUT2D eigenvalue weighted by Crippen LogP contribution is -2.57. The Morgan fingerprint density at radius 1 is 1.17 bits per heavy atom. The number of nitrogens with one attached hydrogen (secondary N) is 3. The third kappa shape index (κ3) is 7.14. The summed E-state index contributed by atoms with van der Waals surface area (Å²) < 4.78 is 5.07. The maximum absolute atomic E-state index is 12.5. The molecule has 1 saturated heterocycles. The number of rotatable bonds is 9. The molecule has 0 bridgehead atoms. The van der Waals surface area contributed by atoms with E-state index in [1.807, 2.05) is 20.8 Å². The number of nitrogens with zero attached hydrogens (tertiary/aromatic N) is 1. The number of carbonyl (C=O) groups is 4. The highest BCUT2D eigenvalue weighted by Crippen LogP contribution is 2.15. The zero-order chi connectivity index (χ0) is 22.1. The van der Waals surface area contributed by atoms with Crippen molar-refractivity contribution in [3.05, 3.63) is 24.3 Å². The topological polar surface area (TPSA) is 117 Å². The van der Waals surface area contributed by atoms with Gasteiger partial charge in [-0.25, -0.2) is 0 Å². The molecular formula is C21H30N4O5. The van der Waals surface area contributed by atoms with Crippen LogP contribution < -0.4 is 16.0 Å². The molecule has 164 valence electrons. The van der Waals surface area contributed by atoms with Gasteiger partial charge in [-0.3, -0.25) is 24.1 Å². The minimum atomic E-state index is -0.734. The van der Waals surface area contributed by atoms with E-state index in [-0.39, 0.29) is 36.6 Å². The van der Waals surface area contributed by atoms with E-state index in [0.29, 0.717) is 37.5 Å². The molecule has 1 aliphatic heterocycles. The third-order valence-corrected chi connectivity index (χ3v) is 4.58. The Hall–Kier alpha value is -2.94. The van der Waals surface area contributed by atoms with Crippen LogP contribution in [0.2, 0.25) is 0 Å². The minimum absolute atomic E-state index is 0.0228. The average molecular weight is 418 g/mol. The van der Waals surface area contributed by atoms with E-state index in [9.17, 15) is 19.2 Å². The lowest BCUT2D eigenvalue weighted by molar-refractivity contribution is -0.148. The van der Waals surface area contributed by atoms with Gasteiger partial charge in [0.15, 0.2) is 0 Å². The van der Waals surface area contributed by atoms with Crippen molar-refractivity contribution in [2.75, 3.05) is 36.9 Å². The first kappa shape index (κ1) is 23.3. The molecule has 0 aliphatic carbocycles. The fourth-order valence-corrected chi connectivity index (χ4v) is 2.91. The lowest BCUT2D eigenvalue weighted by Gasteiger charge is -2.33.